The Morgan fingerprint density at radius 3 is 2.15 bits per heavy atom. The third kappa shape index (κ3) is 9.36. The van der Waals surface area contributed by atoms with Gasteiger partial charge in [0.05, 0.1) is 32.0 Å². The van der Waals surface area contributed by atoms with E-state index in [0.717, 1.165) is 75.2 Å². The first-order valence-electron chi connectivity index (χ1n) is 14.2. The summed E-state index contributed by atoms with van der Waals surface area (Å²) >= 11 is 0. The lowest BCUT2D eigenvalue weighted by Crippen LogP contribution is -2.44. The molecular weight excluding hydrogens is 514 g/mol. The number of anilines is 1. The molecule has 2 amide bonds. The van der Waals surface area contributed by atoms with Crippen molar-refractivity contribution >= 4 is 17.5 Å². The normalized spacial score (nSPS) is 21.6. The molecule has 2 aliphatic rings. The number of benzene rings is 2. The van der Waals surface area contributed by atoms with Crippen molar-refractivity contribution in [2.75, 3.05) is 38.2 Å². The van der Waals surface area contributed by atoms with Crippen LogP contribution in [0.15, 0.2) is 48.5 Å². The van der Waals surface area contributed by atoms with Gasteiger partial charge in [0.25, 0.3) is 0 Å². The van der Waals surface area contributed by atoms with E-state index in [9.17, 15) is 14.7 Å². The van der Waals surface area contributed by atoms with Gasteiger partial charge < -0.3 is 24.6 Å². The number of ether oxygens (including phenoxy) is 3. The van der Waals surface area contributed by atoms with Crippen molar-refractivity contribution in [3.05, 3.63) is 65.2 Å². The van der Waals surface area contributed by atoms with Crippen molar-refractivity contribution < 1.29 is 34.1 Å². The van der Waals surface area contributed by atoms with Gasteiger partial charge in [-0.05, 0) is 36.1 Å². The van der Waals surface area contributed by atoms with Crippen LogP contribution < -0.4 is 10.8 Å². The molecule has 3 atom stereocenters. The van der Waals surface area contributed by atoms with E-state index < -0.39 is 6.29 Å². The number of carbonyl (C=O) groups is 2. The van der Waals surface area contributed by atoms with Gasteiger partial charge in [0, 0.05) is 50.1 Å². The van der Waals surface area contributed by atoms with E-state index in [2.05, 4.69) is 10.2 Å². The topological polar surface area (TPSA) is 130 Å². The summed E-state index contributed by atoms with van der Waals surface area (Å²) in [7, 11) is 0. The van der Waals surface area contributed by atoms with Crippen LogP contribution in [0.2, 0.25) is 0 Å². The molecule has 2 aromatic carbocycles. The molecule has 0 spiro atoms. The molecule has 0 bridgehead atoms. The number of aliphatic hydroxyl groups is 1. The van der Waals surface area contributed by atoms with Crippen LogP contribution in [0.3, 0.4) is 0 Å². The molecule has 2 aromatic rings. The molecule has 2 saturated heterocycles. The van der Waals surface area contributed by atoms with Crippen LogP contribution in [0.25, 0.3) is 0 Å². The van der Waals surface area contributed by atoms with Crippen LogP contribution in [-0.2, 0) is 30.4 Å². The van der Waals surface area contributed by atoms with Gasteiger partial charge in [-0.2, -0.15) is 0 Å². The lowest BCUT2D eigenvalue weighted by atomic mass is 9.99. The van der Waals surface area contributed by atoms with E-state index in [1.807, 2.05) is 48.5 Å². The minimum atomic E-state index is -0.542. The highest BCUT2D eigenvalue weighted by Crippen LogP contribution is 2.38. The molecule has 0 saturated carbocycles. The zero-order valence-corrected chi connectivity index (χ0v) is 22.9. The van der Waals surface area contributed by atoms with Gasteiger partial charge in [0.2, 0.25) is 11.8 Å². The average molecular weight is 556 g/mol. The molecule has 4 rings (SSSR count). The fraction of sp³-hybridized carbons (Fsp3) is 0.533. The van der Waals surface area contributed by atoms with Gasteiger partial charge in [0.15, 0.2) is 6.29 Å². The van der Waals surface area contributed by atoms with Crippen molar-refractivity contribution in [3.63, 3.8) is 0 Å². The van der Waals surface area contributed by atoms with Gasteiger partial charge in [-0.25, -0.2) is 5.48 Å². The highest BCUT2D eigenvalue weighted by atomic mass is 16.7. The van der Waals surface area contributed by atoms with Crippen LogP contribution in [0.5, 0.6) is 0 Å². The smallest absolute Gasteiger partial charge is 0.243 e. The Morgan fingerprint density at radius 2 is 1.50 bits per heavy atom. The average Bonchev–Trinajstić information content (AvgIpc) is 2.99. The Balaban J connectivity index is 1.32. The van der Waals surface area contributed by atoms with Crippen LogP contribution in [0, 0.1) is 0 Å². The maximum absolute atomic E-state index is 12.4. The van der Waals surface area contributed by atoms with Crippen molar-refractivity contribution in [2.24, 2.45) is 0 Å². The van der Waals surface area contributed by atoms with Crippen molar-refractivity contribution in [3.8, 4) is 0 Å². The zero-order chi connectivity index (χ0) is 28.2. The maximum Gasteiger partial charge on any atom is 0.243 e. The third-order valence-corrected chi connectivity index (χ3v) is 7.33. The Hall–Kier alpha value is -2.86. The Morgan fingerprint density at radius 1 is 0.850 bits per heavy atom. The number of hydrogen-bond donors (Lipinski definition) is 4. The molecule has 0 radical (unpaired) electrons. The zero-order valence-electron chi connectivity index (χ0n) is 22.9. The van der Waals surface area contributed by atoms with Gasteiger partial charge in [0.1, 0.15) is 0 Å². The third-order valence-electron chi connectivity index (χ3n) is 7.33. The largest absolute Gasteiger partial charge is 0.392 e. The van der Waals surface area contributed by atoms with E-state index in [0.29, 0.717) is 18.5 Å². The van der Waals surface area contributed by atoms with Gasteiger partial charge >= 0.3 is 0 Å². The second kappa shape index (κ2) is 15.8. The van der Waals surface area contributed by atoms with Crippen molar-refractivity contribution in [1.82, 2.24) is 10.4 Å². The van der Waals surface area contributed by atoms with E-state index in [1.54, 1.807) is 5.48 Å². The summed E-state index contributed by atoms with van der Waals surface area (Å²) in [4.78, 5) is 25.8. The first kappa shape index (κ1) is 30.1. The predicted molar refractivity (Wildman–Crippen MR) is 148 cm³/mol. The number of unbranched alkanes of at least 4 members (excludes halogenated alkanes) is 3. The summed E-state index contributed by atoms with van der Waals surface area (Å²) < 4.78 is 18.4. The number of hydrogen-bond acceptors (Lipinski definition) is 8. The molecule has 10 heteroatoms. The Kier molecular flexibility index (Phi) is 11.9. The Bertz CT molecular complexity index is 1060. The number of hydroxylamine groups is 1. The number of aliphatic hydroxyl groups excluding tert-OH is 1. The molecule has 2 fully saturated rings. The quantitative estimate of drug-likeness (QED) is 0.167. The SMILES string of the molecule is O=C(CCCCCCC(=O)Nc1ccc([C@H]2O[C@@H](CN3CCOCC3)C[C@@H](c3ccc(CO)cc3)O2)cc1)NO. The number of rotatable bonds is 13. The standard InChI is InChI=1S/C30H41N3O7/c34-21-22-7-9-23(10-8-22)27-19-26(20-33-15-17-38-18-16-33)39-30(40-27)24-11-13-25(14-12-24)31-28(35)5-3-1-2-4-6-29(36)32-37/h7-14,26-27,30,34,37H,1-6,15-21H2,(H,31,35)(H,32,36)/t26-,27+,30+/m1/s1. The summed E-state index contributed by atoms with van der Waals surface area (Å²) in [6.45, 7) is 4.04. The first-order valence-corrected chi connectivity index (χ1v) is 14.2. The summed E-state index contributed by atoms with van der Waals surface area (Å²) in [5.41, 5.74) is 5.14. The van der Waals surface area contributed by atoms with E-state index in [4.69, 9.17) is 19.4 Å². The fourth-order valence-electron chi connectivity index (χ4n) is 5.03. The monoisotopic (exact) mass is 555 g/mol. The summed E-state index contributed by atoms with van der Waals surface area (Å²) in [6, 6.07) is 15.4. The van der Waals surface area contributed by atoms with Crippen LogP contribution in [0.1, 0.15) is 74.0 Å². The fourth-order valence-corrected chi connectivity index (χ4v) is 5.03. The molecule has 218 valence electrons. The number of nitrogens with zero attached hydrogens (tertiary/aromatic N) is 1. The molecule has 0 aliphatic carbocycles. The molecule has 4 N–H and O–H groups in total. The van der Waals surface area contributed by atoms with Crippen LogP contribution in [0.4, 0.5) is 5.69 Å². The minimum Gasteiger partial charge on any atom is -0.392 e. The molecule has 0 unspecified atom stereocenters. The lowest BCUT2D eigenvalue weighted by Gasteiger charge is -2.39. The summed E-state index contributed by atoms with van der Waals surface area (Å²) in [5, 5.41) is 20.9. The lowest BCUT2D eigenvalue weighted by molar-refractivity contribution is -0.253. The molecule has 0 aromatic heterocycles. The maximum atomic E-state index is 12.4. The predicted octanol–water partition coefficient (Wildman–Crippen LogP) is 3.84. The van der Waals surface area contributed by atoms with Crippen molar-refractivity contribution in [1.29, 1.82) is 0 Å². The van der Waals surface area contributed by atoms with Gasteiger partial charge in [-0.1, -0.05) is 49.2 Å². The second-order valence-corrected chi connectivity index (χ2v) is 10.4. The molecule has 2 heterocycles. The number of carbonyl (C=O) groups excluding carboxylic acids is 2. The number of amides is 2. The highest BCUT2D eigenvalue weighted by Gasteiger charge is 2.33. The van der Waals surface area contributed by atoms with Gasteiger partial charge in [-0.3, -0.25) is 19.7 Å². The Labute approximate surface area is 235 Å². The molecule has 40 heavy (non-hydrogen) atoms. The van der Waals surface area contributed by atoms with Crippen LogP contribution in [-0.4, -0.2) is 66.0 Å². The van der Waals surface area contributed by atoms with Crippen LogP contribution >= 0.6 is 0 Å². The van der Waals surface area contributed by atoms with E-state index >= 15 is 0 Å². The summed E-state index contributed by atoms with van der Waals surface area (Å²) in [5.74, 6) is -0.437. The number of morpholine rings is 1. The highest BCUT2D eigenvalue weighted by molar-refractivity contribution is 5.90. The summed E-state index contributed by atoms with van der Waals surface area (Å²) in [6.07, 6.45) is 3.81. The molecular formula is C30H41N3O7. The van der Waals surface area contributed by atoms with E-state index in [1.165, 1.54) is 0 Å². The minimum absolute atomic E-state index is 0.00555. The van der Waals surface area contributed by atoms with Gasteiger partial charge in [-0.15, -0.1) is 0 Å². The molecule has 2 aliphatic heterocycles. The number of nitrogens with one attached hydrogen (secondary N) is 2. The molecule has 10 nitrogen and oxygen atoms in total. The first-order chi connectivity index (χ1) is 19.5. The van der Waals surface area contributed by atoms with Crippen molar-refractivity contribution in [2.45, 2.75) is 70.1 Å². The second-order valence-electron chi connectivity index (χ2n) is 10.4. The van der Waals surface area contributed by atoms with E-state index in [-0.39, 0.29) is 37.0 Å².